The number of ether oxygens (including phenoxy) is 1. The van der Waals surface area contributed by atoms with Crippen molar-refractivity contribution in [1.29, 1.82) is 0 Å². The van der Waals surface area contributed by atoms with Gasteiger partial charge in [0.25, 0.3) is 0 Å². The van der Waals surface area contributed by atoms with Crippen molar-refractivity contribution in [1.82, 2.24) is 31.3 Å². The second kappa shape index (κ2) is 9.67. The Morgan fingerprint density at radius 1 is 1.16 bits per heavy atom. The number of nitrogens with zero attached hydrogens (tertiary/aromatic N) is 3. The van der Waals surface area contributed by atoms with Crippen LogP contribution >= 0.6 is 0 Å². The minimum atomic E-state index is -0.143. The van der Waals surface area contributed by atoms with Gasteiger partial charge in [-0.15, -0.1) is 0 Å². The van der Waals surface area contributed by atoms with Gasteiger partial charge in [0.1, 0.15) is 5.75 Å². The summed E-state index contributed by atoms with van der Waals surface area (Å²) in [6.45, 7) is 2.10. The second-order valence-corrected chi connectivity index (χ2v) is 7.54. The van der Waals surface area contributed by atoms with E-state index in [9.17, 15) is 4.79 Å². The van der Waals surface area contributed by atoms with E-state index in [1.807, 2.05) is 36.4 Å². The second-order valence-electron chi connectivity index (χ2n) is 7.54. The maximum atomic E-state index is 12.4. The fraction of sp³-hybridized carbons (Fsp3) is 0.364. The van der Waals surface area contributed by atoms with Gasteiger partial charge >= 0.3 is 0 Å². The van der Waals surface area contributed by atoms with Crippen molar-refractivity contribution in [2.45, 2.75) is 38.4 Å². The molecule has 0 spiro atoms. The van der Waals surface area contributed by atoms with E-state index in [0.29, 0.717) is 31.0 Å². The molecule has 162 valence electrons. The molecule has 1 fully saturated rings. The molecule has 0 saturated carbocycles. The highest BCUT2D eigenvalue weighted by Crippen LogP contribution is 2.27. The molecule has 4 rings (SSSR count). The highest BCUT2D eigenvalue weighted by molar-refractivity contribution is 5.76. The number of nitrogens with one attached hydrogen (secondary N) is 3. The minimum Gasteiger partial charge on any atom is -0.497 e. The first-order valence-corrected chi connectivity index (χ1v) is 10.3. The van der Waals surface area contributed by atoms with Crippen molar-refractivity contribution in [2.75, 3.05) is 7.11 Å². The van der Waals surface area contributed by atoms with Crippen LogP contribution in [0.4, 0.5) is 0 Å². The number of pyridine rings is 1. The van der Waals surface area contributed by atoms with Crippen LogP contribution in [0.25, 0.3) is 11.4 Å². The molecule has 3 N–H and O–H groups in total. The Balaban J connectivity index is 1.23. The molecule has 3 unspecified atom stereocenters. The van der Waals surface area contributed by atoms with Crippen LogP contribution in [0, 0.1) is 5.92 Å². The number of carbonyl (C=O) groups excluding carboxylic acids is 1. The Bertz CT molecular complexity index is 992. The normalized spacial score (nSPS) is 20.5. The fourth-order valence-electron chi connectivity index (χ4n) is 3.62. The topological polar surface area (TPSA) is 114 Å². The monoisotopic (exact) mass is 422 g/mol. The number of aromatic nitrogens is 3. The molecule has 1 aromatic carbocycles. The number of amides is 1. The average Bonchev–Trinajstić information content (AvgIpc) is 3.42. The molecular formula is C22H26N6O3. The van der Waals surface area contributed by atoms with Gasteiger partial charge in [-0.05, 0) is 48.4 Å². The smallest absolute Gasteiger partial charge is 0.226 e. The highest BCUT2D eigenvalue weighted by atomic mass is 16.5. The van der Waals surface area contributed by atoms with E-state index in [2.05, 4.69) is 38.2 Å². The van der Waals surface area contributed by atoms with Crippen molar-refractivity contribution in [2.24, 2.45) is 5.92 Å². The molecule has 1 aliphatic rings. The number of carbonyl (C=O) groups is 1. The quantitative estimate of drug-likeness (QED) is 0.507. The van der Waals surface area contributed by atoms with Crippen LogP contribution in [0.5, 0.6) is 5.75 Å². The van der Waals surface area contributed by atoms with Crippen molar-refractivity contribution in [3.63, 3.8) is 0 Å². The third kappa shape index (κ3) is 5.07. The lowest BCUT2D eigenvalue weighted by atomic mass is 9.95. The van der Waals surface area contributed by atoms with Gasteiger partial charge in [-0.25, -0.2) is 10.9 Å². The Labute approximate surface area is 180 Å². The summed E-state index contributed by atoms with van der Waals surface area (Å²) in [7, 11) is 1.62. The van der Waals surface area contributed by atoms with Crippen molar-refractivity contribution >= 4 is 5.91 Å². The zero-order chi connectivity index (χ0) is 21.6. The summed E-state index contributed by atoms with van der Waals surface area (Å²) < 4.78 is 10.5. The van der Waals surface area contributed by atoms with E-state index in [1.165, 1.54) is 0 Å². The molecule has 1 amide bonds. The Kier molecular flexibility index (Phi) is 6.54. The molecule has 3 heterocycles. The first-order valence-electron chi connectivity index (χ1n) is 10.3. The van der Waals surface area contributed by atoms with Gasteiger partial charge < -0.3 is 14.6 Å². The molecule has 9 nitrogen and oxygen atoms in total. The lowest BCUT2D eigenvalue weighted by Crippen LogP contribution is -2.46. The summed E-state index contributed by atoms with van der Waals surface area (Å²) in [6, 6.07) is 11.5. The number of methoxy groups -OCH3 is 1. The molecule has 0 radical (unpaired) electrons. The van der Waals surface area contributed by atoms with Crippen LogP contribution in [0.1, 0.15) is 37.3 Å². The van der Waals surface area contributed by atoms with Gasteiger partial charge in [-0.1, -0.05) is 12.1 Å². The van der Waals surface area contributed by atoms with E-state index in [0.717, 1.165) is 16.9 Å². The Hall–Kier alpha value is -3.30. The third-order valence-electron chi connectivity index (χ3n) is 5.44. The van der Waals surface area contributed by atoms with Crippen LogP contribution in [0.3, 0.4) is 0 Å². The van der Waals surface area contributed by atoms with E-state index in [4.69, 9.17) is 9.26 Å². The molecule has 1 aliphatic heterocycles. The van der Waals surface area contributed by atoms with Gasteiger partial charge in [0, 0.05) is 36.7 Å². The number of benzene rings is 1. The van der Waals surface area contributed by atoms with E-state index in [1.54, 1.807) is 19.5 Å². The standard InChI is InChI=1S/C22H26N6O3/c1-14-20(15-10-12-23-13-11-15)26-27-21(14)24-18(29)4-3-5-19-25-22(28-31-19)16-6-8-17(30-2)9-7-16/h6-14,20-21,26-27H,3-5H2,1-2H3,(H,24,29). The van der Waals surface area contributed by atoms with E-state index in [-0.39, 0.29) is 24.0 Å². The maximum absolute atomic E-state index is 12.4. The molecule has 0 aliphatic carbocycles. The molecule has 3 aromatic rings. The van der Waals surface area contributed by atoms with Gasteiger partial charge in [0.05, 0.1) is 19.3 Å². The van der Waals surface area contributed by atoms with Gasteiger partial charge in [-0.2, -0.15) is 4.98 Å². The van der Waals surface area contributed by atoms with Crippen LogP contribution in [-0.4, -0.2) is 34.3 Å². The molecule has 0 bridgehead atoms. The summed E-state index contributed by atoms with van der Waals surface area (Å²) in [6.07, 6.45) is 4.95. The van der Waals surface area contributed by atoms with E-state index < -0.39 is 0 Å². The summed E-state index contributed by atoms with van der Waals surface area (Å²) in [5.74, 6) is 1.99. The summed E-state index contributed by atoms with van der Waals surface area (Å²) in [5, 5.41) is 7.07. The van der Waals surface area contributed by atoms with Crippen LogP contribution < -0.4 is 20.9 Å². The molecule has 1 saturated heterocycles. The highest BCUT2D eigenvalue weighted by Gasteiger charge is 2.34. The maximum Gasteiger partial charge on any atom is 0.226 e. The minimum absolute atomic E-state index is 0.0172. The van der Waals surface area contributed by atoms with Gasteiger partial charge in [-0.3, -0.25) is 9.78 Å². The molecular weight excluding hydrogens is 396 g/mol. The Morgan fingerprint density at radius 3 is 2.68 bits per heavy atom. The third-order valence-corrected chi connectivity index (χ3v) is 5.44. The van der Waals surface area contributed by atoms with Crippen LogP contribution in [0.2, 0.25) is 0 Å². The summed E-state index contributed by atoms with van der Waals surface area (Å²) >= 11 is 0. The van der Waals surface area contributed by atoms with Crippen molar-refractivity contribution < 1.29 is 14.1 Å². The number of hydrogen-bond donors (Lipinski definition) is 3. The van der Waals surface area contributed by atoms with Gasteiger partial charge in [0.2, 0.25) is 17.6 Å². The largest absolute Gasteiger partial charge is 0.497 e. The fourth-order valence-corrected chi connectivity index (χ4v) is 3.62. The molecule has 9 heteroatoms. The van der Waals surface area contributed by atoms with E-state index >= 15 is 0 Å². The zero-order valence-electron chi connectivity index (χ0n) is 17.5. The van der Waals surface area contributed by atoms with Crippen LogP contribution in [-0.2, 0) is 11.2 Å². The number of aryl methyl sites for hydroxylation is 1. The van der Waals surface area contributed by atoms with Crippen molar-refractivity contribution in [3.05, 3.63) is 60.2 Å². The molecule has 2 aromatic heterocycles. The zero-order valence-corrected chi connectivity index (χ0v) is 17.5. The number of rotatable bonds is 8. The molecule has 31 heavy (non-hydrogen) atoms. The van der Waals surface area contributed by atoms with Crippen molar-refractivity contribution in [3.8, 4) is 17.1 Å². The SMILES string of the molecule is COc1ccc(-c2noc(CCCC(=O)NC3NNC(c4ccncc4)C3C)n2)cc1. The first kappa shape index (κ1) is 21.0. The van der Waals surface area contributed by atoms with Gasteiger partial charge in [0.15, 0.2) is 0 Å². The number of hydrogen-bond acceptors (Lipinski definition) is 8. The Morgan fingerprint density at radius 2 is 1.94 bits per heavy atom. The lowest BCUT2D eigenvalue weighted by Gasteiger charge is -2.19. The number of hydrazine groups is 1. The van der Waals surface area contributed by atoms with Crippen LogP contribution in [0.15, 0.2) is 53.3 Å². The predicted molar refractivity (Wildman–Crippen MR) is 114 cm³/mol. The summed E-state index contributed by atoms with van der Waals surface area (Å²) in [5.41, 5.74) is 8.41. The average molecular weight is 422 g/mol. The summed E-state index contributed by atoms with van der Waals surface area (Å²) in [4.78, 5) is 20.9. The molecule has 3 atom stereocenters. The first-order chi connectivity index (χ1) is 15.1. The predicted octanol–water partition coefficient (Wildman–Crippen LogP) is 2.39. The lowest BCUT2D eigenvalue weighted by molar-refractivity contribution is -0.122.